The van der Waals surface area contributed by atoms with E-state index in [1.54, 1.807) is 31.2 Å². The average molecular weight is 402 g/mol. The molecule has 3 aromatic rings. The fraction of sp³-hybridized carbons (Fsp3) is 0.200. The Hall–Kier alpha value is -3.62. The molecule has 0 bridgehead atoms. The quantitative estimate of drug-likeness (QED) is 0.446. The Morgan fingerprint density at radius 2 is 1.72 bits per heavy atom. The number of carbonyl (C=O) groups excluding carboxylic acids is 2. The van der Waals surface area contributed by atoms with Gasteiger partial charge >= 0.3 is 12.6 Å². The first-order valence-electron chi connectivity index (χ1n) is 8.65. The van der Waals surface area contributed by atoms with Crippen LogP contribution in [0.25, 0.3) is 10.8 Å². The first-order chi connectivity index (χ1) is 13.9. The molecule has 7 nitrogen and oxygen atoms in total. The second-order valence-corrected chi connectivity index (χ2v) is 5.92. The summed E-state index contributed by atoms with van der Waals surface area (Å²) in [7, 11) is 0. The smallest absolute Gasteiger partial charge is 0.387 e. The summed E-state index contributed by atoms with van der Waals surface area (Å²) in [5.74, 6) is -1.48. The largest absolute Gasteiger partial charge is 0.452 e. The van der Waals surface area contributed by atoms with Crippen molar-refractivity contribution in [2.75, 3.05) is 6.61 Å². The molecule has 0 radical (unpaired) electrons. The molecule has 2 aromatic carbocycles. The lowest BCUT2D eigenvalue weighted by Gasteiger charge is -2.09. The first kappa shape index (κ1) is 20.1. The van der Waals surface area contributed by atoms with E-state index in [-0.39, 0.29) is 29.1 Å². The highest BCUT2D eigenvalue weighted by Crippen LogP contribution is 2.17. The van der Waals surface area contributed by atoms with E-state index in [2.05, 4.69) is 9.84 Å². The van der Waals surface area contributed by atoms with Gasteiger partial charge in [-0.15, -0.1) is 0 Å². The number of ether oxygens (including phenoxy) is 2. The van der Waals surface area contributed by atoms with Gasteiger partial charge in [-0.2, -0.15) is 13.9 Å². The Bertz CT molecular complexity index is 1110. The van der Waals surface area contributed by atoms with Gasteiger partial charge in [0.15, 0.2) is 18.1 Å². The summed E-state index contributed by atoms with van der Waals surface area (Å²) in [5.41, 5.74) is -0.242. The lowest BCUT2D eigenvalue weighted by molar-refractivity contribution is -0.0498. The molecule has 0 aliphatic carbocycles. The second-order valence-electron chi connectivity index (χ2n) is 5.92. The highest BCUT2D eigenvalue weighted by atomic mass is 19.3. The van der Waals surface area contributed by atoms with Crippen molar-refractivity contribution in [3.05, 3.63) is 70.1 Å². The Kier molecular flexibility index (Phi) is 5.96. The minimum Gasteiger partial charge on any atom is -0.452 e. The van der Waals surface area contributed by atoms with Crippen LogP contribution < -0.4 is 10.3 Å². The van der Waals surface area contributed by atoms with Crippen molar-refractivity contribution in [3.8, 4) is 5.75 Å². The number of alkyl halides is 2. The number of fused-ring (bicyclic) bond motifs is 1. The van der Waals surface area contributed by atoms with Crippen molar-refractivity contribution in [3.63, 3.8) is 0 Å². The summed E-state index contributed by atoms with van der Waals surface area (Å²) in [4.78, 5) is 37.0. The maximum Gasteiger partial charge on any atom is 0.387 e. The maximum atomic E-state index is 12.5. The molecule has 150 valence electrons. The van der Waals surface area contributed by atoms with Gasteiger partial charge in [0, 0.05) is 17.5 Å². The normalized spacial score (nSPS) is 10.9. The average Bonchev–Trinajstić information content (AvgIpc) is 2.72. The number of ketones is 1. The van der Waals surface area contributed by atoms with Gasteiger partial charge in [0.25, 0.3) is 5.56 Å². The molecule has 0 atom stereocenters. The molecular formula is C20H16F2N2O5. The Balaban J connectivity index is 1.76. The SMILES string of the molecule is CCn1nc(C(=O)OCC(=O)c2ccc(OC(F)F)cc2)c2ccccc2c1=O. The molecule has 1 heterocycles. The minimum absolute atomic E-state index is 0.0736. The number of rotatable bonds is 7. The van der Waals surface area contributed by atoms with Gasteiger partial charge in [-0.1, -0.05) is 18.2 Å². The van der Waals surface area contributed by atoms with Gasteiger partial charge in [0.05, 0.1) is 5.39 Å². The third-order valence-corrected chi connectivity index (χ3v) is 4.10. The zero-order valence-electron chi connectivity index (χ0n) is 15.3. The van der Waals surface area contributed by atoms with Gasteiger partial charge < -0.3 is 9.47 Å². The molecule has 1 aromatic heterocycles. The zero-order chi connectivity index (χ0) is 21.0. The highest BCUT2D eigenvalue weighted by molar-refractivity contribution is 6.04. The van der Waals surface area contributed by atoms with Gasteiger partial charge in [-0.25, -0.2) is 9.48 Å². The van der Waals surface area contributed by atoms with Crippen molar-refractivity contribution in [1.29, 1.82) is 0 Å². The lowest BCUT2D eigenvalue weighted by Crippen LogP contribution is -2.26. The predicted octanol–water partition coefficient (Wildman–Crippen LogP) is 3.06. The molecule has 0 amide bonds. The van der Waals surface area contributed by atoms with E-state index in [0.717, 1.165) is 4.68 Å². The number of hydrogen-bond acceptors (Lipinski definition) is 6. The highest BCUT2D eigenvalue weighted by Gasteiger charge is 2.19. The summed E-state index contributed by atoms with van der Waals surface area (Å²) in [6, 6.07) is 11.5. The van der Waals surface area contributed by atoms with Crippen LogP contribution in [0.4, 0.5) is 8.78 Å². The van der Waals surface area contributed by atoms with Crippen LogP contribution in [0.5, 0.6) is 5.75 Å². The van der Waals surface area contributed by atoms with Crippen molar-refractivity contribution in [2.45, 2.75) is 20.1 Å². The van der Waals surface area contributed by atoms with Crippen LogP contribution in [-0.4, -0.2) is 34.8 Å². The Labute approximate surface area is 163 Å². The molecular weight excluding hydrogens is 386 g/mol. The Morgan fingerprint density at radius 1 is 1.07 bits per heavy atom. The summed E-state index contributed by atoms with van der Waals surface area (Å²) >= 11 is 0. The van der Waals surface area contributed by atoms with Crippen molar-refractivity contribution >= 4 is 22.5 Å². The van der Waals surface area contributed by atoms with E-state index < -0.39 is 25.0 Å². The third kappa shape index (κ3) is 4.45. The number of Topliss-reactive ketones (excluding diaryl/α,β-unsaturated/α-hetero) is 1. The fourth-order valence-corrected chi connectivity index (χ4v) is 2.71. The molecule has 0 saturated carbocycles. The number of aromatic nitrogens is 2. The number of carbonyl (C=O) groups is 2. The number of benzene rings is 2. The molecule has 3 rings (SSSR count). The molecule has 0 unspecified atom stereocenters. The molecule has 0 spiro atoms. The number of hydrogen-bond donors (Lipinski definition) is 0. The zero-order valence-corrected chi connectivity index (χ0v) is 15.3. The molecule has 0 fully saturated rings. The van der Waals surface area contributed by atoms with Crippen LogP contribution in [-0.2, 0) is 11.3 Å². The molecule has 0 aliphatic heterocycles. The number of halogens is 2. The maximum absolute atomic E-state index is 12.5. The summed E-state index contributed by atoms with van der Waals surface area (Å²) in [6.45, 7) is -1.57. The van der Waals surface area contributed by atoms with Crippen molar-refractivity contribution < 1.29 is 27.8 Å². The van der Waals surface area contributed by atoms with Crippen LogP contribution >= 0.6 is 0 Å². The van der Waals surface area contributed by atoms with Crippen LogP contribution in [0.1, 0.15) is 27.8 Å². The molecule has 29 heavy (non-hydrogen) atoms. The Morgan fingerprint density at radius 3 is 2.34 bits per heavy atom. The monoisotopic (exact) mass is 402 g/mol. The second kappa shape index (κ2) is 8.59. The number of esters is 1. The molecule has 9 heteroatoms. The first-order valence-corrected chi connectivity index (χ1v) is 8.65. The van der Waals surface area contributed by atoms with Crippen molar-refractivity contribution in [1.82, 2.24) is 9.78 Å². The topological polar surface area (TPSA) is 87.5 Å². The molecule has 0 saturated heterocycles. The third-order valence-electron chi connectivity index (χ3n) is 4.10. The van der Waals surface area contributed by atoms with Crippen LogP contribution in [0.2, 0.25) is 0 Å². The van der Waals surface area contributed by atoms with Crippen LogP contribution in [0.15, 0.2) is 53.3 Å². The van der Waals surface area contributed by atoms with E-state index in [0.29, 0.717) is 10.8 Å². The fourth-order valence-electron chi connectivity index (χ4n) is 2.71. The van der Waals surface area contributed by atoms with Gasteiger partial charge in [0.2, 0.25) is 0 Å². The minimum atomic E-state index is -2.97. The summed E-state index contributed by atoms with van der Waals surface area (Å²) < 4.78 is 34.8. The van der Waals surface area contributed by atoms with Gasteiger partial charge in [0.1, 0.15) is 5.75 Å². The number of aryl methyl sites for hydroxylation is 1. The standard InChI is InChI=1S/C20H16F2N2O5/c1-2-24-18(26)15-6-4-3-5-14(15)17(23-24)19(27)28-11-16(25)12-7-9-13(10-8-12)29-20(21)22/h3-10,20H,2,11H2,1H3. The number of nitrogens with zero attached hydrogens (tertiary/aromatic N) is 2. The van der Waals surface area contributed by atoms with E-state index in [4.69, 9.17) is 4.74 Å². The predicted molar refractivity (Wildman–Crippen MR) is 99.4 cm³/mol. The summed E-state index contributed by atoms with van der Waals surface area (Å²) in [5, 5.41) is 4.68. The lowest BCUT2D eigenvalue weighted by atomic mass is 10.1. The van der Waals surface area contributed by atoms with E-state index in [1.807, 2.05) is 0 Å². The van der Waals surface area contributed by atoms with E-state index >= 15 is 0 Å². The van der Waals surface area contributed by atoms with Gasteiger partial charge in [-0.3, -0.25) is 9.59 Å². The molecule has 0 aliphatic rings. The van der Waals surface area contributed by atoms with Crippen LogP contribution in [0.3, 0.4) is 0 Å². The van der Waals surface area contributed by atoms with Gasteiger partial charge in [-0.05, 0) is 37.3 Å². The molecule has 0 N–H and O–H groups in total. The summed E-state index contributed by atoms with van der Waals surface area (Å²) in [6.07, 6.45) is 0. The van der Waals surface area contributed by atoms with Crippen molar-refractivity contribution in [2.24, 2.45) is 0 Å². The van der Waals surface area contributed by atoms with E-state index in [9.17, 15) is 23.2 Å². The van der Waals surface area contributed by atoms with E-state index in [1.165, 1.54) is 24.3 Å². The van der Waals surface area contributed by atoms with Crippen LogP contribution in [0, 0.1) is 0 Å².